The lowest BCUT2D eigenvalue weighted by Crippen LogP contribution is -2.28. The maximum absolute atomic E-state index is 12.4. The van der Waals surface area contributed by atoms with Gasteiger partial charge in [0.05, 0.1) is 16.6 Å². The fourth-order valence-electron chi connectivity index (χ4n) is 3.60. The summed E-state index contributed by atoms with van der Waals surface area (Å²) >= 11 is 6.16. The first-order valence-electron chi connectivity index (χ1n) is 10.1. The number of aryl methyl sites for hydroxylation is 2. The number of ether oxygens (including phenoxy) is 1. The highest BCUT2D eigenvalue weighted by Gasteiger charge is 2.37. The van der Waals surface area contributed by atoms with Crippen LogP contribution in [0.15, 0.2) is 42.5 Å². The number of para-hydroxylation sites is 2. The fourth-order valence-corrected chi connectivity index (χ4v) is 3.84. The van der Waals surface area contributed by atoms with Crippen LogP contribution in [-0.2, 0) is 32.0 Å². The second-order valence-corrected chi connectivity index (χ2v) is 7.58. The van der Waals surface area contributed by atoms with E-state index in [0.717, 1.165) is 29.7 Å². The van der Waals surface area contributed by atoms with Gasteiger partial charge in [0.1, 0.15) is 0 Å². The summed E-state index contributed by atoms with van der Waals surface area (Å²) in [7, 11) is 0. The molecule has 1 N–H and O–H groups in total. The highest BCUT2D eigenvalue weighted by atomic mass is 35.5. The molecule has 0 spiro atoms. The first kappa shape index (κ1) is 21.8. The van der Waals surface area contributed by atoms with E-state index < -0.39 is 24.4 Å². The predicted octanol–water partition coefficient (Wildman–Crippen LogP) is 4.00. The van der Waals surface area contributed by atoms with Crippen molar-refractivity contribution in [3.05, 3.63) is 58.6 Å². The molecule has 0 radical (unpaired) electrons. The van der Waals surface area contributed by atoms with Gasteiger partial charge >= 0.3 is 5.97 Å². The van der Waals surface area contributed by atoms with Crippen LogP contribution in [0.25, 0.3) is 0 Å². The Balaban J connectivity index is 1.58. The van der Waals surface area contributed by atoms with E-state index in [4.69, 9.17) is 16.3 Å². The summed E-state index contributed by atoms with van der Waals surface area (Å²) in [6.07, 6.45) is 1.60. The third-order valence-electron chi connectivity index (χ3n) is 5.21. The molecule has 1 aliphatic heterocycles. The molecule has 0 aromatic heterocycles. The summed E-state index contributed by atoms with van der Waals surface area (Å²) in [4.78, 5) is 38.6. The summed E-state index contributed by atoms with van der Waals surface area (Å²) in [5.41, 5.74) is 3.42. The van der Waals surface area contributed by atoms with Gasteiger partial charge in [0, 0.05) is 18.7 Å². The number of nitrogens with zero attached hydrogens (tertiary/aromatic N) is 1. The number of amides is 2. The number of anilines is 2. The summed E-state index contributed by atoms with van der Waals surface area (Å²) in [5.74, 6) is -1.78. The number of benzene rings is 2. The van der Waals surface area contributed by atoms with Crippen molar-refractivity contribution in [2.75, 3.05) is 23.4 Å². The van der Waals surface area contributed by atoms with Crippen LogP contribution in [0.3, 0.4) is 0 Å². The van der Waals surface area contributed by atoms with Crippen molar-refractivity contribution in [2.24, 2.45) is 5.92 Å². The van der Waals surface area contributed by atoms with Crippen LogP contribution in [0.2, 0.25) is 5.02 Å². The van der Waals surface area contributed by atoms with E-state index in [9.17, 15) is 14.4 Å². The molecule has 2 aromatic rings. The lowest BCUT2D eigenvalue weighted by atomic mass is 10.0. The molecule has 2 aromatic carbocycles. The molecule has 0 unspecified atom stereocenters. The number of carbonyl (C=O) groups is 3. The van der Waals surface area contributed by atoms with Crippen molar-refractivity contribution >= 4 is 40.8 Å². The molecule has 1 heterocycles. The largest absolute Gasteiger partial charge is 0.455 e. The van der Waals surface area contributed by atoms with E-state index in [1.807, 2.05) is 32.0 Å². The normalized spacial score (nSPS) is 15.9. The number of carbonyl (C=O) groups excluding carboxylic acids is 3. The van der Waals surface area contributed by atoms with Gasteiger partial charge in [0.2, 0.25) is 5.91 Å². The van der Waals surface area contributed by atoms with Gasteiger partial charge in [-0.1, -0.05) is 55.8 Å². The van der Waals surface area contributed by atoms with Crippen molar-refractivity contribution in [3.63, 3.8) is 0 Å². The SMILES string of the molecule is CCc1cccc(CC)c1NC(=O)COC(=O)[C@H]1CC(=O)N(c2ccccc2Cl)C1. The molecular weight excluding hydrogens is 404 g/mol. The second kappa shape index (κ2) is 9.76. The maximum atomic E-state index is 12.4. The monoisotopic (exact) mass is 428 g/mol. The molecule has 0 aliphatic carbocycles. The summed E-state index contributed by atoms with van der Waals surface area (Å²) in [6.45, 7) is 3.83. The minimum Gasteiger partial charge on any atom is -0.455 e. The third kappa shape index (κ3) is 4.82. The van der Waals surface area contributed by atoms with E-state index in [2.05, 4.69) is 5.32 Å². The number of nitrogens with one attached hydrogen (secondary N) is 1. The van der Waals surface area contributed by atoms with E-state index in [1.165, 1.54) is 4.90 Å². The third-order valence-corrected chi connectivity index (χ3v) is 5.53. The standard InChI is InChI=1S/C23H25ClN2O4/c1-3-15-8-7-9-16(4-2)22(15)25-20(27)14-30-23(29)17-12-21(28)26(13-17)19-11-6-5-10-18(19)24/h5-11,17H,3-4,12-14H2,1-2H3,(H,25,27)/t17-/m0/s1. The minimum atomic E-state index is -0.629. The first-order valence-corrected chi connectivity index (χ1v) is 10.4. The summed E-state index contributed by atoms with van der Waals surface area (Å²) in [6, 6.07) is 12.9. The number of esters is 1. The molecule has 1 aliphatic rings. The van der Waals surface area contributed by atoms with Crippen LogP contribution in [0.5, 0.6) is 0 Å². The smallest absolute Gasteiger partial charge is 0.311 e. The van der Waals surface area contributed by atoms with Crippen molar-refractivity contribution in [1.82, 2.24) is 0 Å². The zero-order valence-corrected chi connectivity index (χ0v) is 17.9. The van der Waals surface area contributed by atoms with Crippen LogP contribution in [-0.4, -0.2) is 30.9 Å². The van der Waals surface area contributed by atoms with Crippen LogP contribution in [0.1, 0.15) is 31.4 Å². The number of hydrogen-bond donors (Lipinski definition) is 1. The zero-order valence-electron chi connectivity index (χ0n) is 17.1. The molecule has 0 saturated carbocycles. The molecule has 7 heteroatoms. The van der Waals surface area contributed by atoms with Gasteiger partial charge in [0.15, 0.2) is 6.61 Å². The van der Waals surface area contributed by atoms with Crippen LogP contribution < -0.4 is 10.2 Å². The maximum Gasteiger partial charge on any atom is 0.311 e. The molecule has 30 heavy (non-hydrogen) atoms. The Kier molecular flexibility index (Phi) is 7.11. The quantitative estimate of drug-likeness (QED) is 0.676. The highest BCUT2D eigenvalue weighted by Crippen LogP contribution is 2.31. The minimum absolute atomic E-state index is 0.0321. The number of rotatable bonds is 7. The predicted molar refractivity (Wildman–Crippen MR) is 117 cm³/mol. The van der Waals surface area contributed by atoms with Gasteiger partial charge in [-0.3, -0.25) is 14.4 Å². The lowest BCUT2D eigenvalue weighted by Gasteiger charge is -2.18. The van der Waals surface area contributed by atoms with E-state index in [-0.39, 0.29) is 18.9 Å². The Morgan fingerprint density at radius 2 is 1.77 bits per heavy atom. The molecule has 1 atom stereocenters. The summed E-state index contributed by atoms with van der Waals surface area (Å²) in [5, 5.41) is 3.31. The van der Waals surface area contributed by atoms with Gasteiger partial charge in [-0.25, -0.2) is 0 Å². The molecule has 0 bridgehead atoms. The van der Waals surface area contributed by atoms with E-state index in [1.54, 1.807) is 24.3 Å². The number of hydrogen-bond acceptors (Lipinski definition) is 4. The molecule has 2 amide bonds. The van der Waals surface area contributed by atoms with Gasteiger partial charge in [-0.2, -0.15) is 0 Å². The Morgan fingerprint density at radius 1 is 1.10 bits per heavy atom. The molecule has 1 fully saturated rings. The molecule has 3 rings (SSSR count). The van der Waals surface area contributed by atoms with Gasteiger partial charge in [-0.05, 0) is 36.1 Å². The zero-order chi connectivity index (χ0) is 21.7. The van der Waals surface area contributed by atoms with Crippen molar-refractivity contribution < 1.29 is 19.1 Å². The molecule has 1 saturated heterocycles. The van der Waals surface area contributed by atoms with Crippen LogP contribution in [0, 0.1) is 5.92 Å². The molecular formula is C23H25ClN2O4. The second-order valence-electron chi connectivity index (χ2n) is 7.17. The Morgan fingerprint density at radius 3 is 2.40 bits per heavy atom. The van der Waals surface area contributed by atoms with Crippen molar-refractivity contribution in [3.8, 4) is 0 Å². The fraction of sp³-hybridized carbons (Fsp3) is 0.348. The van der Waals surface area contributed by atoms with Crippen LogP contribution >= 0.6 is 11.6 Å². The van der Waals surface area contributed by atoms with Crippen molar-refractivity contribution in [1.29, 1.82) is 0 Å². The Hall–Kier alpha value is -2.86. The topological polar surface area (TPSA) is 75.7 Å². The Labute approximate surface area is 181 Å². The van der Waals surface area contributed by atoms with Gasteiger partial charge in [-0.15, -0.1) is 0 Å². The first-order chi connectivity index (χ1) is 14.4. The Bertz CT molecular complexity index is 938. The molecule has 158 valence electrons. The van der Waals surface area contributed by atoms with Gasteiger partial charge < -0.3 is 15.0 Å². The van der Waals surface area contributed by atoms with E-state index in [0.29, 0.717) is 10.7 Å². The summed E-state index contributed by atoms with van der Waals surface area (Å²) < 4.78 is 5.21. The highest BCUT2D eigenvalue weighted by molar-refractivity contribution is 6.33. The van der Waals surface area contributed by atoms with E-state index >= 15 is 0 Å². The molecule has 6 nitrogen and oxygen atoms in total. The average Bonchev–Trinajstić information content (AvgIpc) is 3.14. The van der Waals surface area contributed by atoms with Crippen LogP contribution in [0.4, 0.5) is 11.4 Å². The van der Waals surface area contributed by atoms with Gasteiger partial charge in [0.25, 0.3) is 5.91 Å². The lowest BCUT2D eigenvalue weighted by molar-refractivity contribution is -0.151. The average molecular weight is 429 g/mol. The number of halogens is 1. The van der Waals surface area contributed by atoms with Crippen molar-refractivity contribution in [2.45, 2.75) is 33.1 Å².